The fourth-order valence-electron chi connectivity index (χ4n) is 3.31. The summed E-state index contributed by atoms with van der Waals surface area (Å²) in [5.74, 6) is 0.247. The summed E-state index contributed by atoms with van der Waals surface area (Å²) in [6.07, 6.45) is 0.260. The van der Waals surface area contributed by atoms with Gasteiger partial charge in [0.15, 0.2) is 0 Å². The molecule has 3 aromatic carbocycles. The molecule has 0 bridgehead atoms. The van der Waals surface area contributed by atoms with E-state index in [2.05, 4.69) is 26.1 Å². The second kappa shape index (κ2) is 11.9. The third kappa shape index (κ3) is 6.72. The van der Waals surface area contributed by atoms with E-state index in [9.17, 15) is 9.59 Å². The van der Waals surface area contributed by atoms with Crippen molar-refractivity contribution in [3.63, 3.8) is 0 Å². The third-order valence-corrected chi connectivity index (χ3v) is 6.49. The Morgan fingerprint density at radius 3 is 2.53 bits per heavy atom. The molecule has 0 fully saturated rings. The van der Waals surface area contributed by atoms with Crippen molar-refractivity contribution in [2.45, 2.75) is 12.5 Å². The zero-order chi connectivity index (χ0) is 25.5. The van der Waals surface area contributed by atoms with Gasteiger partial charge < -0.3 is 15.4 Å². The summed E-state index contributed by atoms with van der Waals surface area (Å²) in [6.45, 7) is 0. The smallest absolute Gasteiger partial charge is 0.319 e. The molecule has 0 saturated heterocycles. The summed E-state index contributed by atoms with van der Waals surface area (Å²) < 4.78 is 5.25. The lowest BCUT2D eigenvalue weighted by Crippen LogP contribution is -2.47. The van der Waals surface area contributed by atoms with Gasteiger partial charge in [-0.1, -0.05) is 77.0 Å². The first-order valence-corrected chi connectivity index (χ1v) is 12.3. The summed E-state index contributed by atoms with van der Waals surface area (Å²) in [7, 11) is 1.59. The second-order valence-electron chi connectivity index (χ2n) is 7.60. The maximum absolute atomic E-state index is 13.2. The van der Waals surface area contributed by atoms with Gasteiger partial charge in [0.25, 0.3) is 0 Å². The van der Waals surface area contributed by atoms with Crippen LogP contribution in [0.5, 0.6) is 5.75 Å². The molecule has 3 N–H and O–H groups in total. The largest absolute Gasteiger partial charge is 0.497 e. The van der Waals surface area contributed by atoms with Crippen molar-refractivity contribution in [1.82, 2.24) is 15.5 Å². The van der Waals surface area contributed by atoms with Gasteiger partial charge in [-0.3, -0.25) is 10.1 Å². The lowest BCUT2D eigenvalue weighted by molar-refractivity contribution is -0.117. The van der Waals surface area contributed by atoms with Crippen molar-refractivity contribution >= 4 is 57.3 Å². The minimum Gasteiger partial charge on any atom is -0.497 e. The minimum atomic E-state index is -0.900. The van der Waals surface area contributed by atoms with E-state index in [1.54, 1.807) is 19.2 Å². The molecule has 3 amide bonds. The van der Waals surface area contributed by atoms with Crippen molar-refractivity contribution < 1.29 is 14.3 Å². The van der Waals surface area contributed by atoms with Gasteiger partial charge in [-0.25, -0.2) is 4.79 Å². The van der Waals surface area contributed by atoms with Crippen LogP contribution in [0, 0.1) is 0 Å². The van der Waals surface area contributed by atoms with Crippen LogP contribution < -0.4 is 20.7 Å². The number of halogens is 2. The molecule has 184 valence electrons. The van der Waals surface area contributed by atoms with Crippen molar-refractivity contribution in [3.05, 3.63) is 88.4 Å². The number of urea groups is 1. The number of ether oxygens (including phenoxy) is 1. The van der Waals surface area contributed by atoms with Gasteiger partial charge in [-0.2, -0.15) is 0 Å². The fourth-order valence-corrected chi connectivity index (χ4v) is 4.50. The maximum Gasteiger partial charge on any atom is 0.319 e. The molecule has 0 spiro atoms. The van der Waals surface area contributed by atoms with Crippen molar-refractivity contribution in [1.29, 1.82) is 0 Å². The van der Waals surface area contributed by atoms with Gasteiger partial charge in [0.2, 0.25) is 11.0 Å². The Labute approximate surface area is 221 Å². The Hall–Kier alpha value is -3.66. The number of aromatic nitrogens is 2. The third-order valence-electron chi connectivity index (χ3n) is 5.06. The van der Waals surface area contributed by atoms with E-state index >= 15 is 0 Å². The van der Waals surface area contributed by atoms with Crippen LogP contribution in [-0.4, -0.2) is 35.3 Å². The monoisotopic (exact) mass is 541 g/mol. The molecular weight excluding hydrogens is 521 g/mol. The Morgan fingerprint density at radius 2 is 1.78 bits per heavy atom. The van der Waals surface area contributed by atoms with Crippen LogP contribution in [-0.2, 0) is 11.2 Å². The van der Waals surface area contributed by atoms with Crippen LogP contribution in [0.25, 0.3) is 10.6 Å². The maximum atomic E-state index is 13.2. The van der Waals surface area contributed by atoms with Gasteiger partial charge >= 0.3 is 6.03 Å². The SMILES string of the molecule is COc1cccc(-c2nnc(NC(=O)[C@H](Cc3ccccc3)NC(=O)Nc3ccc(Cl)cc3Cl)s2)c1. The van der Waals surface area contributed by atoms with Crippen molar-refractivity contribution in [3.8, 4) is 16.3 Å². The van der Waals surface area contributed by atoms with Gasteiger partial charge in [0.1, 0.15) is 16.8 Å². The average Bonchev–Trinajstić information content (AvgIpc) is 3.34. The summed E-state index contributed by atoms with van der Waals surface area (Å²) in [5.41, 5.74) is 2.05. The van der Waals surface area contributed by atoms with Gasteiger partial charge in [-0.15, -0.1) is 10.2 Å². The highest BCUT2D eigenvalue weighted by Crippen LogP contribution is 2.29. The number of hydrogen-bond acceptors (Lipinski definition) is 6. The van der Waals surface area contributed by atoms with Crippen molar-refractivity contribution in [2.24, 2.45) is 0 Å². The topological polar surface area (TPSA) is 105 Å². The van der Waals surface area contributed by atoms with E-state index in [4.69, 9.17) is 27.9 Å². The first-order valence-electron chi connectivity index (χ1n) is 10.8. The highest BCUT2D eigenvalue weighted by Gasteiger charge is 2.23. The standard InChI is InChI=1S/C25H21Cl2N5O3S/c1-35-18-9-5-8-16(13-18)23-31-32-25(36-23)30-22(33)21(12-15-6-3-2-4-7-15)29-24(34)28-20-11-10-17(26)14-19(20)27/h2-11,13-14,21H,12H2,1H3,(H2,28,29,34)(H,30,32,33)/t21-/m0/s1. The minimum absolute atomic E-state index is 0.260. The molecule has 0 aliphatic heterocycles. The zero-order valence-electron chi connectivity index (χ0n) is 19.0. The quantitative estimate of drug-likeness (QED) is 0.258. The van der Waals surface area contributed by atoms with Crippen LogP contribution >= 0.6 is 34.5 Å². The van der Waals surface area contributed by atoms with Gasteiger partial charge in [0, 0.05) is 17.0 Å². The number of hydrogen-bond donors (Lipinski definition) is 3. The summed E-state index contributed by atoms with van der Waals surface area (Å²) in [6, 6.07) is 19.9. The molecule has 1 heterocycles. The Morgan fingerprint density at radius 1 is 0.972 bits per heavy atom. The molecule has 1 aromatic heterocycles. The van der Waals surface area contributed by atoms with Crippen LogP contribution in [0.15, 0.2) is 72.8 Å². The van der Waals surface area contributed by atoms with Crippen LogP contribution in [0.1, 0.15) is 5.56 Å². The zero-order valence-corrected chi connectivity index (χ0v) is 21.3. The summed E-state index contributed by atoms with van der Waals surface area (Å²) in [4.78, 5) is 25.9. The number of anilines is 2. The van der Waals surface area contributed by atoms with E-state index in [-0.39, 0.29) is 11.4 Å². The molecule has 0 radical (unpaired) electrons. The van der Waals surface area contributed by atoms with Crippen molar-refractivity contribution in [2.75, 3.05) is 17.7 Å². The number of nitrogens with zero attached hydrogens (tertiary/aromatic N) is 2. The first kappa shape index (κ1) is 25.4. The number of amides is 3. The number of benzene rings is 3. The number of carbonyl (C=O) groups excluding carboxylic acids is 2. The molecule has 36 heavy (non-hydrogen) atoms. The van der Waals surface area contributed by atoms with E-state index < -0.39 is 18.0 Å². The van der Waals surface area contributed by atoms with E-state index in [0.717, 1.165) is 11.1 Å². The molecule has 4 rings (SSSR count). The first-order chi connectivity index (χ1) is 17.4. The molecule has 0 aliphatic carbocycles. The molecule has 11 heteroatoms. The highest BCUT2D eigenvalue weighted by atomic mass is 35.5. The number of nitrogens with one attached hydrogen (secondary N) is 3. The van der Waals surface area contributed by atoms with Gasteiger partial charge in [-0.05, 0) is 35.9 Å². The van der Waals surface area contributed by atoms with E-state index in [1.807, 2.05) is 54.6 Å². The normalized spacial score (nSPS) is 11.4. The Kier molecular flexibility index (Phi) is 8.37. The van der Waals surface area contributed by atoms with Crippen LogP contribution in [0.4, 0.5) is 15.6 Å². The second-order valence-corrected chi connectivity index (χ2v) is 9.42. The lowest BCUT2D eigenvalue weighted by atomic mass is 10.1. The van der Waals surface area contributed by atoms with Crippen LogP contribution in [0.2, 0.25) is 10.0 Å². The molecule has 0 aliphatic rings. The molecule has 8 nitrogen and oxygen atoms in total. The molecular formula is C25H21Cl2N5O3S. The summed E-state index contributed by atoms with van der Waals surface area (Å²) >= 11 is 13.3. The van der Waals surface area contributed by atoms with E-state index in [0.29, 0.717) is 26.6 Å². The van der Waals surface area contributed by atoms with Gasteiger partial charge in [0.05, 0.1) is 17.8 Å². The average molecular weight is 542 g/mol. The Balaban J connectivity index is 1.48. The molecule has 4 aromatic rings. The molecule has 0 saturated carbocycles. The fraction of sp³-hybridized carbons (Fsp3) is 0.120. The number of methoxy groups -OCH3 is 1. The lowest BCUT2D eigenvalue weighted by Gasteiger charge is -2.18. The summed E-state index contributed by atoms with van der Waals surface area (Å²) in [5, 5.41) is 18.0. The van der Waals surface area contributed by atoms with E-state index in [1.165, 1.54) is 17.4 Å². The predicted molar refractivity (Wildman–Crippen MR) is 143 cm³/mol. The van der Waals surface area contributed by atoms with Crippen LogP contribution in [0.3, 0.4) is 0 Å². The molecule has 0 unspecified atom stereocenters. The molecule has 1 atom stereocenters. The number of carbonyl (C=O) groups is 2. The number of rotatable bonds is 8. The Bertz CT molecular complexity index is 1370. The highest BCUT2D eigenvalue weighted by molar-refractivity contribution is 7.18. The predicted octanol–water partition coefficient (Wildman–Crippen LogP) is 5.89.